The van der Waals surface area contributed by atoms with Crippen molar-refractivity contribution >= 4 is 35.8 Å². The molecule has 5 rings (SSSR count). The number of likely N-dealkylation sites (tertiary alicyclic amines) is 2. The van der Waals surface area contributed by atoms with E-state index < -0.39 is 58.9 Å². The van der Waals surface area contributed by atoms with Crippen LogP contribution < -0.4 is 9.47 Å². The van der Waals surface area contributed by atoms with Crippen molar-refractivity contribution in [3.63, 3.8) is 0 Å². The van der Waals surface area contributed by atoms with E-state index in [4.69, 9.17) is 41.1 Å². The van der Waals surface area contributed by atoms with Gasteiger partial charge in [0.15, 0.2) is 0 Å². The zero-order chi connectivity index (χ0) is 47.5. The molecule has 0 spiro atoms. The number of aliphatic hydroxyl groups is 2. The van der Waals surface area contributed by atoms with E-state index >= 15 is 0 Å². The Morgan fingerprint density at radius 1 is 0.797 bits per heavy atom. The lowest BCUT2D eigenvalue weighted by molar-refractivity contribution is -0.149. The van der Waals surface area contributed by atoms with Gasteiger partial charge in [-0.05, 0) is 108 Å². The maximum Gasteiger partial charge on any atom is 0.424 e. The molecule has 20 heteroatoms. The summed E-state index contributed by atoms with van der Waals surface area (Å²) in [6, 6.07) is 13.8. The number of benzene rings is 2. The molecule has 2 unspecified atom stereocenters. The average Bonchev–Trinajstić information content (AvgIpc) is 3.69. The Bertz CT molecular complexity index is 2150. The molecule has 344 valence electrons. The third-order valence-electron chi connectivity index (χ3n) is 8.87. The van der Waals surface area contributed by atoms with Crippen LogP contribution in [0.5, 0.6) is 11.5 Å². The minimum absolute atomic E-state index is 0.0832. The highest BCUT2D eigenvalue weighted by Crippen LogP contribution is 2.32. The molecule has 0 aliphatic carbocycles. The number of carbonyl (C=O) groups is 6. The summed E-state index contributed by atoms with van der Waals surface area (Å²) >= 11 is 0. The molecular formula is C44H56N8O12. The smallest absolute Gasteiger partial charge is 0.424 e. The molecule has 1 aromatic heterocycles. The van der Waals surface area contributed by atoms with Crippen LogP contribution in [0.2, 0.25) is 0 Å². The number of terminal acetylenes is 1. The Kier molecular flexibility index (Phi) is 19.9. The highest BCUT2D eigenvalue weighted by Gasteiger charge is 2.42. The number of aryl methyl sites for hydroxylation is 1. The Hall–Kier alpha value is -6.81. The summed E-state index contributed by atoms with van der Waals surface area (Å²) in [5.74, 6) is 0.124. The van der Waals surface area contributed by atoms with Crippen LogP contribution in [0.1, 0.15) is 109 Å². The van der Waals surface area contributed by atoms with Gasteiger partial charge in [0.1, 0.15) is 41.6 Å². The standard InChI is InChI=1S/C22H28N4O6.C19H21NO5.C3H7N3O/c1-22(2,3)32-21(30)26-19(28)10-9-18(20(26)29)15-5-7-17(8-6-15)31-14-16-13-25(24-23-16)11-4-12-27;1-5-12-24-14-8-6-13(7-9-14)15-10-11-16(21)20(17(15)22)18(23)25-19(2,3)4;4-6-5-2-1-3-7/h5-8,13,18,27H,4,9-12,14H2,1-3H3;1,6-9,15H,10-12H2,2-4H3;7H,1-3H2. The second-order valence-corrected chi connectivity index (χ2v) is 16.3. The number of aliphatic hydroxyl groups excluding tert-OH is 2. The van der Waals surface area contributed by atoms with E-state index in [1.165, 1.54) is 0 Å². The summed E-state index contributed by atoms with van der Waals surface area (Å²) < 4.78 is 23.1. The fourth-order valence-electron chi connectivity index (χ4n) is 5.99. The normalized spacial score (nSPS) is 16.2. The Morgan fingerprint density at radius 3 is 1.69 bits per heavy atom. The Morgan fingerprint density at radius 2 is 1.27 bits per heavy atom. The van der Waals surface area contributed by atoms with Crippen LogP contribution in [0.3, 0.4) is 0 Å². The van der Waals surface area contributed by atoms with Crippen molar-refractivity contribution in [3.05, 3.63) is 82.0 Å². The van der Waals surface area contributed by atoms with Gasteiger partial charge in [0.25, 0.3) is 0 Å². The monoisotopic (exact) mass is 888 g/mol. The lowest BCUT2D eigenvalue weighted by Gasteiger charge is -2.31. The van der Waals surface area contributed by atoms with Crippen LogP contribution in [0.15, 0.2) is 59.8 Å². The number of ether oxygens (including phenoxy) is 4. The molecule has 64 heavy (non-hydrogen) atoms. The molecule has 2 atom stereocenters. The summed E-state index contributed by atoms with van der Waals surface area (Å²) in [7, 11) is 0. The van der Waals surface area contributed by atoms with E-state index in [2.05, 4.69) is 26.3 Å². The molecule has 20 nitrogen and oxygen atoms in total. The van der Waals surface area contributed by atoms with Gasteiger partial charge in [-0.2, -0.15) is 9.80 Å². The molecular weight excluding hydrogens is 833 g/mol. The number of azide groups is 1. The van der Waals surface area contributed by atoms with E-state index in [0.29, 0.717) is 76.9 Å². The van der Waals surface area contributed by atoms with E-state index in [1.54, 1.807) is 101 Å². The van der Waals surface area contributed by atoms with Gasteiger partial charge in [-0.15, -0.1) is 11.5 Å². The fraction of sp³-hybridized carbons (Fsp3) is 0.500. The SMILES string of the molecule is C#CCOc1ccc(C2CCC(=O)N(C(=O)OC(C)(C)C)C2=O)cc1.CC(C)(C)OC(=O)N1C(=O)CCC(c2ccc(OCc3cn(CCCO)nn3)cc2)C1=O.[N-]=[N+]=NCCCO. The minimum Gasteiger partial charge on any atom is -0.487 e. The quantitative estimate of drug-likeness (QED) is 0.0502. The van der Waals surface area contributed by atoms with Gasteiger partial charge in [-0.3, -0.25) is 23.9 Å². The molecule has 2 saturated heterocycles. The number of hydrogen-bond acceptors (Lipinski definition) is 15. The van der Waals surface area contributed by atoms with Crippen LogP contribution in [0.4, 0.5) is 9.59 Å². The van der Waals surface area contributed by atoms with Crippen LogP contribution in [-0.2, 0) is 41.8 Å². The number of aromatic nitrogens is 3. The fourth-order valence-corrected chi connectivity index (χ4v) is 5.99. The predicted molar refractivity (Wildman–Crippen MR) is 229 cm³/mol. The molecule has 0 radical (unpaired) electrons. The van der Waals surface area contributed by atoms with Crippen LogP contribution in [0, 0.1) is 12.3 Å². The molecule has 2 N–H and O–H groups in total. The Labute approximate surface area is 371 Å². The molecule has 3 aromatic rings. The first-order valence-electron chi connectivity index (χ1n) is 20.5. The summed E-state index contributed by atoms with van der Waals surface area (Å²) in [5.41, 5.74) is 8.12. The third kappa shape index (κ3) is 16.5. The molecule has 2 fully saturated rings. The zero-order valence-corrected chi connectivity index (χ0v) is 37.0. The van der Waals surface area contributed by atoms with E-state index in [9.17, 15) is 28.8 Å². The van der Waals surface area contributed by atoms with Gasteiger partial charge < -0.3 is 29.2 Å². The van der Waals surface area contributed by atoms with E-state index in [0.717, 1.165) is 0 Å². The largest absolute Gasteiger partial charge is 0.487 e. The van der Waals surface area contributed by atoms with Crippen molar-refractivity contribution < 1.29 is 57.9 Å². The lowest BCUT2D eigenvalue weighted by atomic mass is 9.89. The first-order chi connectivity index (χ1) is 30.3. The van der Waals surface area contributed by atoms with Crippen LogP contribution >= 0.6 is 0 Å². The summed E-state index contributed by atoms with van der Waals surface area (Å²) in [5, 5.41) is 28.2. The van der Waals surface area contributed by atoms with Gasteiger partial charge in [-0.25, -0.2) is 9.59 Å². The highest BCUT2D eigenvalue weighted by atomic mass is 16.6. The molecule has 2 aromatic carbocycles. The first-order valence-corrected chi connectivity index (χ1v) is 20.5. The topological polar surface area (TPSA) is 266 Å². The molecule has 2 aliphatic heterocycles. The maximum absolute atomic E-state index is 12.9. The number of hydrogen-bond donors (Lipinski definition) is 2. The van der Waals surface area contributed by atoms with Crippen LogP contribution in [0.25, 0.3) is 10.4 Å². The number of piperidine rings is 2. The predicted octanol–water partition coefficient (Wildman–Crippen LogP) is 5.95. The number of imide groups is 6. The highest BCUT2D eigenvalue weighted by molar-refractivity contribution is 6.13. The second-order valence-electron chi connectivity index (χ2n) is 16.3. The molecule has 3 heterocycles. The Balaban J connectivity index is 0.000000303. The zero-order valence-electron chi connectivity index (χ0n) is 37.0. The van der Waals surface area contributed by atoms with Crippen LogP contribution in [-0.4, -0.2) is 108 Å². The lowest BCUT2D eigenvalue weighted by Crippen LogP contribution is -2.49. The van der Waals surface area contributed by atoms with Crippen molar-refractivity contribution in [2.24, 2.45) is 5.11 Å². The molecule has 0 saturated carbocycles. The van der Waals surface area contributed by atoms with E-state index in [1.807, 2.05) is 0 Å². The summed E-state index contributed by atoms with van der Waals surface area (Å²) in [6.07, 6.45) is 7.05. The number of carbonyl (C=O) groups excluding carboxylic acids is 6. The van der Waals surface area contributed by atoms with Gasteiger partial charge in [0.05, 0.1) is 18.0 Å². The van der Waals surface area contributed by atoms with Gasteiger partial charge in [0, 0.05) is 44.1 Å². The van der Waals surface area contributed by atoms with Gasteiger partial charge >= 0.3 is 12.2 Å². The first kappa shape index (κ1) is 51.5. The molecule has 0 bridgehead atoms. The average molecular weight is 889 g/mol. The number of amides is 6. The third-order valence-corrected chi connectivity index (χ3v) is 8.87. The van der Waals surface area contributed by atoms with Crippen molar-refractivity contribution in [3.8, 4) is 23.8 Å². The van der Waals surface area contributed by atoms with Crippen molar-refractivity contribution in [2.45, 2.75) is 116 Å². The van der Waals surface area contributed by atoms with Crippen molar-refractivity contribution in [1.82, 2.24) is 24.8 Å². The van der Waals surface area contributed by atoms with Crippen molar-refractivity contribution in [2.75, 3.05) is 26.4 Å². The van der Waals surface area contributed by atoms with Gasteiger partial charge in [0.2, 0.25) is 23.6 Å². The maximum atomic E-state index is 12.9. The molecule has 6 amide bonds. The summed E-state index contributed by atoms with van der Waals surface area (Å²) in [4.78, 5) is 78.1. The van der Waals surface area contributed by atoms with Crippen molar-refractivity contribution in [1.29, 1.82) is 0 Å². The van der Waals surface area contributed by atoms with Gasteiger partial charge in [-0.1, -0.05) is 40.5 Å². The van der Waals surface area contributed by atoms with E-state index in [-0.39, 0.29) is 39.3 Å². The number of nitrogens with zero attached hydrogens (tertiary/aromatic N) is 8. The number of rotatable bonds is 13. The summed E-state index contributed by atoms with van der Waals surface area (Å²) in [6.45, 7) is 11.6. The minimum atomic E-state index is -0.941. The second kappa shape index (κ2) is 24.7. The molecule has 2 aliphatic rings.